The molecule has 0 saturated heterocycles. The van der Waals surface area contributed by atoms with Crippen LogP contribution in [-0.4, -0.2) is 27.2 Å². The van der Waals surface area contributed by atoms with Crippen molar-refractivity contribution in [1.29, 1.82) is 0 Å². The molecule has 0 aliphatic rings. The lowest BCUT2D eigenvalue weighted by Gasteiger charge is -2.12. The molecule has 0 spiro atoms. The summed E-state index contributed by atoms with van der Waals surface area (Å²) in [5.74, 6) is 1.70. The van der Waals surface area contributed by atoms with E-state index in [1.54, 1.807) is 33.7 Å². The Balaban J connectivity index is 1.72. The molecule has 3 aromatic carbocycles. The van der Waals surface area contributed by atoms with Crippen LogP contribution in [0.2, 0.25) is 0 Å². The minimum absolute atomic E-state index is 0.205. The van der Waals surface area contributed by atoms with Gasteiger partial charge in [0.15, 0.2) is 11.5 Å². The van der Waals surface area contributed by atoms with Crippen LogP contribution in [0.5, 0.6) is 17.2 Å². The maximum absolute atomic E-state index is 12.8. The van der Waals surface area contributed by atoms with Gasteiger partial charge in [-0.2, -0.15) is 0 Å². The average molecular weight is 472 g/mol. The Morgan fingerprint density at radius 3 is 2.31 bits per heavy atom. The fraction of sp³-hybridized carbons (Fsp3) is 0.207. The maximum atomic E-state index is 12.8. The fourth-order valence-electron chi connectivity index (χ4n) is 4.16. The number of carbonyl (C=O) groups is 1. The number of nitrogens with one attached hydrogen (secondary N) is 1. The number of fused-ring (bicyclic) bond motifs is 1. The predicted molar refractivity (Wildman–Crippen MR) is 140 cm³/mol. The minimum atomic E-state index is -0.205. The molecule has 1 N–H and O–H groups in total. The molecule has 0 saturated carbocycles. The third-order valence-corrected chi connectivity index (χ3v) is 6.00. The van der Waals surface area contributed by atoms with E-state index in [9.17, 15) is 4.79 Å². The van der Waals surface area contributed by atoms with E-state index in [2.05, 4.69) is 5.32 Å². The average Bonchev–Trinajstić information content (AvgIpc) is 3.27. The first-order valence-corrected chi connectivity index (χ1v) is 11.2. The van der Waals surface area contributed by atoms with Crippen LogP contribution in [0.1, 0.15) is 23.6 Å². The smallest absolute Gasteiger partial charge is 0.248 e. The number of rotatable bonds is 7. The molecule has 6 heteroatoms. The highest BCUT2D eigenvalue weighted by Crippen LogP contribution is 2.39. The number of hydrogen-bond donors (Lipinski definition) is 1. The highest BCUT2D eigenvalue weighted by Gasteiger charge is 2.16. The molecular formula is C29H29NO5. The molecule has 35 heavy (non-hydrogen) atoms. The van der Waals surface area contributed by atoms with Crippen LogP contribution in [0, 0.1) is 13.8 Å². The molecule has 0 fully saturated rings. The highest BCUT2D eigenvalue weighted by atomic mass is 16.5. The third-order valence-electron chi connectivity index (χ3n) is 6.00. The van der Waals surface area contributed by atoms with E-state index in [1.807, 2.05) is 69.3 Å². The van der Waals surface area contributed by atoms with Crippen molar-refractivity contribution in [1.82, 2.24) is 0 Å². The molecule has 4 rings (SSSR count). The van der Waals surface area contributed by atoms with Gasteiger partial charge in [0.05, 0.1) is 27.6 Å². The Morgan fingerprint density at radius 2 is 1.63 bits per heavy atom. The molecule has 0 unspecified atom stereocenters. The number of ether oxygens (including phenoxy) is 3. The molecule has 0 bridgehead atoms. The van der Waals surface area contributed by atoms with E-state index < -0.39 is 0 Å². The number of hydrogen-bond acceptors (Lipinski definition) is 5. The third kappa shape index (κ3) is 4.87. The zero-order chi connectivity index (χ0) is 25.1. The van der Waals surface area contributed by atoms with Gasteiger partial charge in [-0.25, -0.2) is 0 Å². The Bertz CT molecular complexity index is 1430. The fourth-order valence-corrected chi connectivity index (χ4v) is 4.16. The van der Waals surface area contributed by atoms with Crippen LogP contribution in [0.15, 0.2) is 65.3 Å². The van der Waals surface area contributed by atoms with Crippen LogP contribution in [0.3, 0.4) is 0 Å². The molecule has 0 aliphatic carbocycles. The van der Waals surface area contributed by atoms with Gasteiger partial charge in [0, 0.05) is 34.3 Å². The van der Waals surface area contributed by atoms with Gasteiger partial charge in [0.1, 0.15) is 11.3 Å². The Labute approximate surface area is 205 Å². The van der Waals surface area contributed by atoms with E-state index in [0.29, 0.717) is 22.8 Å². The quantitative estimate of drug-likeness (QED) is 0.301. The molecule has 0 radical (unpaired) electrons. The van der Waals surface area contributed by atoms with Crippen LogP contribution >= 0.6 is 0 Å². The van der Waals surface area contributed by atoms with Gasteiger partial charge in [-0.05, 0) is 61.7 Å². The molecular weight excluding hydrogens is 442 g/mol. The number of furan rings is 1. The van der Waals surface area contributed by atoms with Gasteiger partial charge >= 0.3 is 0 Å². The summed E-state index contributed by atoms with van der Waals surface area (Å²) in [6.45, 7) is 5.89. The maximum Gasteiger partial charge on any atom is 0.248 e. The first-order chi connectivity index (χ1) is 16.8. The SMILES string of the molecule is COc1ccc(-c2coc3cc(OC)c(/C(C)=C/C(=O)Nc4ccc(C)cc4C)cc23)cc1OC. The number of allylic oxidation sites excluding steroid dienone is 1. The lowest BCUT2D eigenvalue weighted by molar-refractivity contribution is -0.111. The second kappa shape index (κ2) is 9.97. The van der Waals surface area contributed by atoms with Crippen molar-refractivity contribution in [3.05, 3.63) is 77.6 Å². The van der Waals surface area contributed by atoms with Crippen molar-refractivity contribution in [3.8, 4) is 28.4 Å². The Hall–Kier alpha value is -4.19. The largest absolute Gasteiger partial charge is 0.496 e. The van der Waals surface area contributed by atoms with E-state index in [1.165, 1.54) is 0 Å². The van der Waals surface area contributed by atoms with Gasteiger partial charge in [0.25, 0.3) is 0 Å². The number of amides is 1. The topological polar surface area (TPSA) is 69.9 Å². The number of methoxy groups -OCH3 is 3. The van der Waals surface area contributed by atoms with Crippen LogP contribution in [-0.2, 0) is 4.79 Å². The summed E-state index contributed by atoms with van der Waals surface area (Å²) in [6.07, 6.45) is 3.29. The molecule has 180 valence electrons. The van der Waals surface area contributed by atoms with Gasteiger partial charge < -0.3 is 23.9 Å². The summed E-state index contributed by atoms with van der Waals surface area (Å²) in [6, 6.07) is 15.5. The standard InChI is InChI=1S/C29H29NO5/c1-17-7-9-24(19(3)11-17)30-29(31)12-18(2)21-14-22-23(16-35-27(22)15-26(21)33-5)20-8-10-25(32-4)28(13-20)34-6/h7-16H,1-6H3,(H,30,31)/b18-12+. The lowest BCUT2D eigenvalue weighted by Crippen LogP contribution is -2.10. The van der Waals surface area contributed by atoms with E-state index in [0.717, 1.165) is 44.5 Å². The van der Waals surface area contributed by atoms with Crippen LogP contribution < -0.4 is 19.5 Å². The Kier molecular flexibility index (Phi) is 6.82. The predicted octanol–water partition coefficient (Wildman–Crippen LogP) is 6.78. The number of benzene rings is 3. The van der Waals surface area contributed by atoms with E-state index in [4.69, 9.17) is 18.6 Å². The van der Waals surface area contributed by atoms with Gasteiger partial charge in [-0.15, -0.1) is 0 Å². The van der Waals surface area contributed by atoms with E-state index >= 15 is 0 Å². The first kappa shape index (κ1) is 24.0. The van der Waals surface area contributed by atoms with Crippen LogP contribution in [0.4, 0.5) is 5.69 Å². The molecule has 1 amide bonds. The molecule has 0 atom stereocenters. The molecule has 1 aromatic heterocycles. The second-order valence-corrected chi connectivity index (χ2v) is 8.40. The number of carbonyl (C=O) groups excluding carboxylic acids is 1. The summed E-state index contributed by atoms with van der Waals surface area (Å²) in [5, 5.41) is 3.87. The molecule has 1 heterocycles. The van der Waals surface area contributed by atoms with Crippen molar-refractivity contribution >= 4 is 28.1 Å². The number of aryl methyl sites for hydroxylation is 2. The normalized spacial score (nSPS) is 11.4. The van der Waals surface area contributed by atoms with Crippen molar-refractivity contribution in [2.75, 3.05) is 26.6 Å². The second-order valence-electron chi connectivity index (χ2n) is 8.40. The lowest BCUT2D eigenvalue weighted by atomic mass is 9.99. The zero-order valence-electron chi connectivity index (χ0n) is 20.8. The monoisotopic (exact) mass is 471 g/mol. The summed E-state index contributed by atoms with van der Waals surface area (Å²) in [4.78, 5) is 12.8. The summed E-state index contributed by atoms with van der Waals surface area (Å²) in [7, 11) is 4.82. The van der Waals surface area contributed by atoms with Gasteiger partial charge in [-0.1, -0.05) is 23.8 Å². The zero-order valence-corrected chi connectivity index (χ0v) is 20.8. The van der Waals surface area contributed by atoms with E-state index in [-0.39, 0.29) is 5.91 Å². The first-order valence-electron chi connectivity index (χ1n) is 11.2. The van der Waals surface area contributed by atoms with Crippen molar-refractivity contribution in [2.24, 2.45) is 0 Å². The number of anilines is 1. The van der Waals surface area contributed by atoms with Gasteiger partial charge in [0.2, 0.25) is 5.91 Å². The molecule has 0 aliphatic heterocycles. The highest BCUT2D eigenvalue weighted by molar-refractivity contribution is 6.05. The minimum Gasteiger partial charge on any atom is -0.496 e. The molecule has 4 aromatic rings. The van der Waals surface area contributed by atoms with Gasteiger partial charge in [-0.3, -0.25) is 4.79 Å². The van der Waals surface area contributed by atoms with Crippen molar-refractivity contribution < 1.29 is 23.4 Å². The van der Waals surface area contributed by atoms with Crippen molar-refractivity contribution in [2.45, 2.75) is 20.8 Å². The summed E-state index contributed by atoms with van der Waals surface area (Å²) in [5.41, 5.74) is 7.03. The summed E-state index contributed by atoms with van der Waals surface area (Å²) >= 11 is 0. The van der Waals surface area contributed by atoms with Crippen molar-refractivity contribution in [3.63, 3.8) is 0 Å². The Morgan fingerprint density at radius 1 is 0.886 bits per heavy atom. The van der Waals surface area contributed by atoms with Crippen LogP contribution in [0.25, 0.3) is 27.7 Å². The summed E-state index contributed by atoms with van der Waals surface area (Å²) < 4.78 is 22.3. The molecule has 6 nitrogen and oxygen atoms in total.